The molecule has 128 valence electrons. The number of thioether (sulfide) groups is 1. The smallest absolute Gasteiger partial charge is 0.172 e. The molecule has 5 heteroatoms. The monoisotopic (exact) mass is 344 g/mol. The summed E-state index contributed by atoms with van der Waals surface area (Å²) in [5, 5.41) is 1.02. The highest BCUT2D eigenvalue weighted by Gasteiger charge is 2.41. The third-order valence-corrected chi connectivity index (χ3v) is 6.01. The molecule has 4 rings (SSSR count). The topological polar surface area (TPSA) is 36.3 Å². The van der Waals surface area contributed by atoms with Crippen molar-refractivity contribution in [1.29, 1.82) is 0 Å². The van der Waals surface area contributed by atoms with Crippen molar-refractivity contribution in [2.24, 2.45) is 5.92 Å². The lowest BCUT2D eigenvalue weighted by atomic mass is 10.0. The van der Waals surface area contributed by atoms with Crippen LogP contribution < -0.4 is 0 Å². The number of ether oxygens (including phenoxy) is 2. The largest absolute Gasteiger partial charge is 0.375 e. The van der Waals surface area contributed by atoms with Crippen molar-refractivity contribution < 1.29 is 9.47 Å². The van der Waals surface area contributed by atoms with Gasteiger partial charge in [-0.25, -0.2) is 4.98 Å². The third-order valence-electron chi connectivity index (χ3n) is 4.96. The first-order chi connectivity index (χ1) is 11.7. The highest BCUT2D eigenvalue weighted by molar-refractivity contribution is 7.99. The Hall–Kier alpha value is -1.30. The van der Waals surface area contributed by atoms with Gasteiger partial charge in [-0.1, -0.05) is 43.8 Å². The summed E-state index contributed by atoms with van der Waals surface area (Å²) in [5.41, 5.74) is 2.56. The maximum Gasteiger partial charge on any atom is 0.172 e. The molecule has 0 amide bonds. The lowest BCUT2D eigenvalue weighted by Gasteiger charge is -2.18. The summed E-state index contributed by atoms with van der Waals surface area (Å²) in [6, 6.07) is 8.56. The van der Waals surface area contributed by atoms with Crippen LogP contribution in [0.4, 0.5) is 0 Å². The Balaban J connectivity index is 1.51. The Morgan fingerprint density at radius 1 is 1.29 bits per heavy atom. The van der Waals surface area contributed by atoms with Gasteiger partial charge in [-0.2, -0.15) is 0 Å². The molecule has 0 N–H and O–H groups in total. The number of rotatable bonds is 5. The molecule has 2 aromatic rings. The standard InChI is InChI=1S/C19H24N2O2S/c1-13(2)15-5-3-4-6-16(15)21-9-8-20-19(21)24-12-17-18-14(11-23-17)7-10-22-18/h3-6,8-9,13-14,17-18H,7,10-12H2,1-2H3. The lowest BCUT2D eigenvalue weighted by molar-refractivity contribution is 0.0208. The fourth-order valence-corrected chi connectivity index (χ4v) is 4.69. The van der Waals surface area contributed by atoms with Crippen LogP contribution in [0.2, 0.25) is 0 Å². The van der Waals surface area contributed by atoms with E-state index < -0.39 is 0 Å². The van der Waals surface area contributed by atoms with Crippen molar-refractivity contribution >= 4 is 11.8 Å². The van der Waals surface area contributed by atoms with Crippen LogP contribution >= 0.6 is 11.8 Å². The van der Waals surface area contributed by atoms with Crippen molar-refractivity contribution in [2.75, 3.05) is 19.0 Å². The average molecular weight is 344 g/mol. The number of imidazole rings is 1. The van der Waals surface area contributed by atoms with E-state index in [4.69, 9.17) is 9.47 Å². The van der Waals surface area contributed by atoms with E-state index in [2.05, 4.69) is 47.7 Å². The molecule has 2 saturated heterocycles. The number of benzene rings is 1. The molecule has 2 aliphatic heterocycles. The summed E-state index contributed by atoms with van der Waals surface area (Å²) in [5.74, 6) is 1.96. The maximum absolute atomic E-state index is 5.94. The molecular weight excluding hydrogens is 320 g/mol. The van der Waals surface area contributed by atoms with Crippen LogP contribution in [0, 0.1) is 5.92 Å². The molecule has 4 nitrogen and oxygen atoms in total. The third kappa shape index (κ3) is 3.01. The van der Waals surface area contributed by atoms with Gasteiger partial charge in [0.25, 0.3) is 0 Å². The summed E-state index contributed by atoms with van der Waals surface area (Å²) < 4.78 is 14.0. The fraction of sp³-hybridized carbons (Fsp3) is 0.526. The van der Waals surface area contributed by atoms with Crippen LogP contribution in [0.1, 0.15) is 31.7 Å². The van der Waals surface area contributed by atoms with Crippen LogP contribution in [-0.4, -0.2) is 40.7 Å². The second-order valence-electron chi connectivity index (χ2n) is 6.86. The molecular formula is C19H24N2O2S. The minimum absolute atomic E-state index is 0.188. The number of hydrogen-bond acceptors (Lipinski definition) is 4. The number of nitrogens with zero attached hydrogens (tertiary/aromatic N) is 2. The van der Waals surface area contributed by atoms with E-state index in [0.717, 1.165) is 30.5 Å². The summed E-state index contributed by atoms with van der Waals surface area (Å²) in [6.07, 6.45) is 5.54. The maximum atomic E-state index is 5.94. The van der Waals surface area contributed by atoms with Gasteiger partial charge in [-0.05, 0) is 24.0 Å². The fourth-order valence-electron chi connectivity index (χ4n) is 3.66. The van der Waals surface area contributed by atoms with Gasteiger partial charge < -0.3 is 9.47 Å². The summed E-state index contributed by atoms with van der Waals surface area (Å²) in [4.78, 5) is 4.57. The zero-order valence-electron chi connectivity index (χ0n) is 14.2. The van der Waals surface area contributed by atoms with E-state index in [1.807, 2.05) is 12.4 Å². The van der Waals surface area contributed by atoms with Crippen LogP contribution in [0.25, 0.3) is 5.69 Å². The van der Waals surface area contributed by atoms with Crippen molar-refractivity contribution in [3.63, 3.8) is 0 Å². The number of hydrogen-bond donors (Lipinski definition) is 0. The quantitative estimate of drug-likeness (QED) is 0.771. The molecule has 3 unspecified atom stereocenters. The van der Waals surface area contributed by atoms with Crippen LogP contribution in [0.5, 0.6) is 0 Å². The number of para-hydroxylation sites is 1. The first-order valence-corrected chi connectivity index (χ1v) is 9.71. The molecule has 0 bridgehead atoms. The Labute approximate surface area is 147 Å². The van der Waals surface area contributed by atoms with Gasteiger partial charge in [0.2, 0.25) is 0 Å². The van der Waals surface area contributed by atoms with E-state index in [9.17, 15) is 0 Å². The number of fused-ring (bicyclic) bond motifs is 1. The van der Waals surface area contributed by atoms with Gasteiger partial charge in [0.05, 0.1) is 24.5 Å². The van der Waals surface area contributed by atoms with E-state index in [1.54, 1.807) is 11.8 Å². The lowest BCUT2D eigenvalue weighted by Crippen LogP contribution is -2.26. The number of aromatic nitrogens is 2. The molecule has 0 aliphatic carbocycles. The summed E-state index contributed by atoms with van der Waals surface area (Å²) in [7, 11) is 0. The van der Waals surface area contributed by atoms with Gasteiger partial charge in [0, 0.05) is 30.7 Å². The van der Waals surface area contributed by atoms with Gasteiger partial charge in [-0.3, -0.25) is 4.57 Å². The molecule has 3 heterocycles. The van der Waals surface area contributed by atoms with Crippen molar-refractivity contribution in [3.8, 4) is 5.69 Å². The van der Waals surface area contributed by atoms with Gasteiger partial charge in [-0.15, -0.1) is 0 Å². The minimum atomic E-state index is 0.188. The van der Waals surface area contributed by atoms with Crippen LogP contribution in [0.15, 0.2) is 41.8 Å². The Morgan fingerprint density at radius 3 is 3.04 bits per heavy atom. The molecule has 1 aromatic carbocycles. The second kappa shape index (κ2) is 6.90. The van der Waals surface area contributed by atoms with Gasteiger partial charge >= 0.3 is 0 Å². The SMILES string of the molecule is CC(C)c1ccccc1-n1ccnc1SCC1OCC2CCOC21. The van der Waals surface area contributed by atoms with Crippen LogP contribution in [0.3, 0.4) is 0 Å². The zero-order chi connectivity index (χ0) is 16.5. The Kier molecular flexibility index (Phi) is 4.66. The zero-order valence-corrected chi connectivity index (χ0v) is 15.0. The normalized spacial score (nSPS) is 26.2. The Bertz CT molecular complexity index is 700. The van der Waals surface area contributed by atoms with Gasteiger partial charge in [0.15, 0.2) is 5.16 Å². The molecule has 24 heavy (non-hydrogen) atoms. The predicted molar refractivity (Wildman–Crippen MR) is 96.0 cm³/mol. The molecule has 2 fully saturated rings. The highest BCUT2D eigenvalue weighted by Crippen LogP contribution is 2.35. The Morgan fingerprint density at radius 2 is 2.17 bits per heavy atom. The van der Waals surface area contributed by atoms with E-state index in [-0.39, 0.29) is 12.2 Å². The first kappa shape index (κ1) is 16.2. The van der Waals surface area contributed by atoms with Crippen molar-refractivity contribution in [3.05, 3.63) is 42.2 Å². The minimum Gasteiger partial charge on any atom is -0.375 e. The van der Waals surface area contributed by atoms with Gasteiger partial charge in [0.1, 0.15) is 0 Å². The first-order valence-electron chi connectivity index (χ1n) is 8.72. The van der Waals surface area contributed by atoms with Crippen molar-refractivity contribution in [2.45, 2.75) is 43.6 Å². The highest BCUT2D eigenvalue weighted by atomic mass is 32.2. The van der Waals surface area contributed by atoms with E-state index in [1.165, 1.54) is 11.3 Å². The van der Waals surface area contributed by atoms with Crippen molar-refractivity contribution in [1.82, 2.24) is 9.55 Å². The molecule has 0 spiro atoms. The summed E-state index contributed by atoms with van der Waals surface area (Å²) in [6.45, 7) is 6.19. The van der Waals surface area contributed by atoms with E-state index in [0.29, 0.717) is 11.8 Å². The molecule has 1 aromatic heterocycles. The molecule has 0 radical (unpaired) electrons. The molecule has 0 saturated carbocycles. The summed E-state index contributed by atoms with van der Waals surface area (Å²) >= 11 is 1.76. The predicted octanol–water partition coefficient (Wildman–Crippen LogP) is 3.89. The van der Waals surface area contributed by atoms with Crippen LogP contribution in [-0.2, 0) is 9.47 Å². The van der Waals surface area contributed by atoms with E-state index >= 15 is 0 Å². The molecule has 3 atom stereocenters. The second-order valence-corrected chi connectivity index (χ2v) is 7.85. The average Bonchev–Trinajstić information content (AvgIpc) is 3.30. The molecule has 2 aliphatic rings.